The molecule has 0 aliphatic carbocycles. The third-order valence-corrected chi connectivity index (χ3v) is 4.38. The molecular formula is C24H24N6O4. The Labute approximate surface area is 196 Å². The van der Waals surface area contributed by atoms with E-state index in [0.717, 1.165) is 22.4 Å². The van der Waals surface area contributed by atoms with E-state index in [2.05, 4.69) is 49.3 Å². The summed E-state index contributed by atoms with van der Waals surface area (Å²) in [4.78, 5) is 12.8. The minimum absolute atomic E-state index is 0.0424. The van der Waals surface area contributed by atoms with Crippen LogP contribution in [0, 0.1) is 31.6 Å². The van der Waals surface area contributed by atoms with Crippen LogP contribution in [0.4, 0.5) is 5.95 Å². The lowest BCUT2D eigenvalue weighted by Gasteiger charge is -2.26. The van der Waals surface area contributed by atoms with Crippen LogP contribution in [0.5, 0.6) is 6.01 Å². The molecule has 1 fully saturated rings. The van der Waals surface area contributed by atoms with E-state index in [4.69, 9.17) is 15.2 Å². The zero-order valence-electron chi connectivity index (χ0n) is 18.8. The number of aromatic nitrogens is 5. The molecule has 10 nitrogen and oxygen atoms in total. The monoisotopic (exact) mass is 460 g/mol. The van der Waals surface area contributed by atoms with Crippen molar-refractivity contribution in [2.45, 2.75) is 26.1 Å². The number of hydrogen-bond donors (Lipinski definition) is 2. The fraction of sp³-hybridized carbons (Fsp3) is 0.250. The van der Waals surface area contributed by atoms with Crippen molar-refractivity contribution in [1.82, 2.24) is 24.7 Å². The van der Waals surface area contributed by atoms with E-state index in [1.807, 2.05) is 25.1 Å². The molecule has 0 bridgehead atoms. The highest BCUT2D eigenvalue weighted by Crippen LogP contribution is 2.27. The number of aryl methyl sites for hydroxylation is 1. The van der Waals surface area contributed by atoms with Crippen molar-refractivity contribution in [3.8, 4) is 36.5 Å². The van der Waals surface area contributed by atoms with E-state index in [-0.39, 0.29) is 12.1 Å². The quantitative estimate of drug-likeness (QED) is 0.441. The first-order chi connectivity index (χ1) is 16.5. The van der Waals surface area contributed by atoms with E-state index in [0.29, 0.717) is 25.0 Å². The number of nitrogens with two attached hydrogens (primary N) is 1. The minimum Gasteiger partial charge on any atom is -0.456 e. The SMILES string of the molecule is C#C.C[C@@H](O)C#Cc1ccc2nc(OC3COC3)n(-c3ccnc(N)n3)c2c1.Cc1ccno1. The molecule has 3 N–H and O–H groups in total. The Kier molecular flexibility index (Phi) is 8.19. The average Bonchev–Trinajstić information content (AvgIpc) is 3.42. The summed E-state index contributed by atoms with van der Waals surface area (Å²) in [5, 5.41) is 12.8. The van der Waals surface area contributed by atoms with E-state index >= 15 is 0 Å². The van der Waals surface area contributed by atoms with Crippen molar-refractivity contribution in [3.05, 3.63) is 54.0 Å². The Bertz CT molecular complexity index is 1300. The van der Waals surface area contributed by atoms with Gasteiger partial charge in [-0.1, -0.05) is 17.0 Å². The Morgan fingerprint density at radius 1 is 1.21 bits per heavy atom. The van der Waals surface area contributed by atoms with Crippen molar-refractivity contribution in [1.29, 1.82) is 0 Å². The number of aliphatic hydroxyl groups is 1. The molecule has 1 atom stereocenters. The number of fused-ring (bicyclic) bond motifs is 1. The first kappa shape index (κ1) is 24.3. The van der Waals surface area contributed by atoms with Crippen LogP contribution < -0.4 is 10.5 Å². The minimum atomic E-state index is -0.699. The van der Waals surface area contributed by atoms with Crippen molar-refractivity contribution >= 4 is 17.0 Å². The largest absolute Gasteiger partial charge is 0.456 e. The van der Waals surface area contributed by atoms with Crippen LogP contribution in [-0.4, -0.2) is 55.2 Å². The second kappa shape index (κ2) is 11.5. The zero-order valence-corrected chi connectivity index (χ0v) is 18.8. The molecule has 10 heteroatoms. The normalized spacial score (nSPS) is 13.2. The van der Waals surface area contributed by atoms with Gasteiger partial charge in [-0.25, -0.2) is 9.55 Å². The van der Waals surface area contributed by atoms with Crippen LogP contribution in [0.3, 0.4) is 0 Å². The molecule has 4 heterocycles. The summed E-state index contributed by atoms with van der Waals surface area (Å²) in [6.45, 7) is 4.53. The maximum Gasteiger partial charge on any atom is 0.303 e. The number of terminal acetylenes is 1. The lowest BCUT2D eigenvalue weighted by atomic mass is 10.2. The number of hydrogen-bond acceptors (Lipinski definition) is 9. The van der Waals surface area contributed by atoms with E-state index in [1.165, 1.54) is 0 Å². The topological polar surface area (TPSA) is 134 Å². The zero-order chi connectivity index (χ0) is 24.5. The first-order valence-corrected chi connectivity index (χ1v) is 10.3. The summed E-state index contributed by atoms with van der Waals surface area (Å²) in [6, 6.07) is 9.52. The maximum atomic E-state index is 9.37. The van der Waals surface area contributed by atoms with Gasteiger partial charge in [-0.3, -0.25) is 0 Å². The molecule has 1 aromatic carbocycles. The molecule has 3 aromatic heterocycles. The average molecular weight is 460 g/mol. The number of ether oxygens (including phenoxy) is 2. The highest BCUT2D eigenvalue weighted by molar-refractivity contribution is 5.80. The van der Waals surface area contributed by atoms with Crippen LogP contribution in [0.1, 0.15) is 18.2 Å². The second-order valence-electron chi connectivity index (χ2n) is 7.05. The Morgan fingerprint density at radius 2 is 2.00 bits per heavy atom. The summed E-state index contributed by atoms with van der Waals surface area (Å²) in [6.07, 6.45) is 10.5. The lowest BCUT2D eigenvalue weighted by Crippen LogP contribution is -2.39. The van der Waals surface area contributed by atoms with Crippen LogP contribution >= 0.6 is 0 Å². The molecule has 5 rings (SSSR count). The number of benzene rings is 1. The summed E-state index contributed by atoms with van der Waals surface area (Å²) in [5.41, 5.74) is 8.00. The lowest BCUT2D eigenvalue weighted by molar-refractivity contribution is -0.0835. The molecule has 4 aromatic rings. The highest BCUT2D eigenvalue weighted by Gasteiger charge is 2.24. The van der Waals surface area contributed by atoms with Crippen LogP contribution in [0.15, 0.2) is 47.2 Å². The maximum absolute atomic E-state index is 9.37. The Hall–Kier alpha value is -4.38. The third-order valence-electron chi connectivity index (χ3n) is 4.38. The molecular weight excluding hydrogens is 436 g/mol. The van der Waals surface area contributed by atoms with Gasteiger partial charge >= 0.3 is 6.01 Å². The molecule has 174 valence electrons. The van der Waals surface area contributed by atoms with Gasteiger partial charge in [0.15, 0.2) is 0 Å². The summed E-state index contributed by atoms with van der Waals surface area (Å²) < 4.78 is 17.5. The first-order valence-electron chi connectivity index (χ1n) is 10.3. The van der Waals surface area contributed by atoms with Crippen LogP contribution in [-0.2, 0) is 4.74 Å². The third kappa shape index (κ3) is 6.11. The molecule has 34 heavy (non-hydrogen) atoms. The molecule has 1 aliphatic rings. The van der Waals surface area contributed by atoms with Gasteiger partial charge < -0.3 is 24.8 Å². The number of rotatable bonds is 3. The molecule has 1 saturated heterocycles. The van der Waals surface area contributed by atoms with Gasteiger partial charge in [-0.2, -0.15) is 9.97 Å². The van der Waals surface area contributed by atoms with Gasteiger partial charge in [0.05, 0.1) is 30.4 Å². The number of nitrogens with zero attached hydrogens (tertiary/aromatic N) is 5. The predicted molar refractivity (Wildman–Crippen MR) is 126 cm³/mol. The summed E-state index contributed by atoms with van der Waals surface area (Å²) >= 11 is 0. The fourth-order valence-electron chi connectivity index (χ4n) is 2.82. The molecule has 0 saturated carbocycles. The van der Waals surface area contributed by atoms with E-state index in [9.17, 15) is 5.11 Å². The molecule has 0 amide bonds. The van der Waals surface area contributed by atoms with Gasteiger partial charge in [0.2, 0.25) is 5.95 Å². The standard InChI is InChI=1S/C18H17N5O3.C4H5NO.C2H2/c1-11(24)2-3-12-4-5-14-15(8-12)23(16-6-7-20-17(19)22-16)18(21-14)26-13-9-25-10-13;1-4-2-3-5-6-4;1-2/h4-8,11,13,24H,9-10H2,1H3,(H2,19,20,22);2-3H,1H3;1-2H/t11-;;/m1../s1. The number of aliphatic hydroxyl groups excluding tert-OH is 1. The highest BCUT2D eigenvalue weighted by atomic mass is 16.6. The van der Waals surface area contributed by atoms with Gasteiger partial charge in [0, 0.05) is 23.9 Å². The Morgan fingerprint density at radius 3 is 2.56 bits per heavy atom. The van der Waals surface area contributed by atoms with Crippen molar-refractivity contribution < 1.29 is 19.1 Å². The second-order valence-corrected chi connectivity index (χ2v) is 7.05. The van der Waals surface area contributed by atoms with Crippen molar-refractivity contribution in [2.24, 2.45) is 0 Å². The Balaban J connectivity index is 0.000000348. The smallest absolute Gasteiger partial charge is 0.303 e. The van der Waals surface area contributed by atoms with E-state index < -0.39 is 6.10 Å². The molecule has 0 unspecified atom stereocenters. The molecule has 1 aliphatic heterocycles. The summed E-state index contributed by atoms with van der Waals surface area (Å²) in [5.74, 6) is 7.24. The van der Waals surface area contributed by atoms with Gasteiger partial charge in [-0.05, 0) is 32.0 Å². The van der Waals surface area contributed by atoms with Crippen molar-refractivity contribution in [3.63, 3.8) is 0 Å². The van der Waals surface area contributed by atoms with Crippen LogP contribution in [0.2, 0.25) is 0 Å². The van der Waals surface area contributed by atoms with Gasteiger partial charge in [0.25, 0.3) is 0 Å². The number of nitrogen functional groups attached to an aromatic ring is 1. The van der Waals surface area contributed by atoms with E-state index in [1.54, 1.807) is 36.0 Å². The fourth-order valence-corrected chi connectivity index (χ4v) is 2.82. The van der Waals surface area contributed by atoms with Crippen LogP contribution in [0.25, 0.3) is 16.9 Å². The predicted octanol–water partition coefficient (Wildman–Crippen LogP) is 2.14. The molecule has 0 spiro atoms. The number of imidazole rings is 1. The number of anilines is 1. The van der Waals surface area contributed by atoms with Gasteiger partial charge in [-0.15, -0.1) is 12.8 Å². The van der Waals surface area contributed by atoms with Gasteiger partial charge in [0.1, 0.15) is 23.8 Å². The summed E-state index contributed by atoms with van der Waals surface area (Å²) in [7, 11) is 0. The molecule has 0 radical (unpaired) electrons. The van der Waals surface area contributed by atoms with Crippen molar-refractivity contribution in [2.75, 3.05) is 18.9 Å².